The van der Waals surface area contributed by atoms with Crippen molar-refractivity contribution in [1.82, 2.24) is 10.3 Å². The molecule has 18 heavy (non-hydrogen) atoms. The maximum Gasteiger partial charge on any atom is 0.146 e. The number of nitrogens with zero attached hydrogens (tertiary/aromatic N) is 1. The summed E-state index contributed by atoms with van der Waals surface area (Å²) < 4.78 is 14.1. The van der Waals surface area contributed by atoms with Gasteiger partial charge in [-0.2, -0.15) is 0 Å². The van der Waals surface area contributed by atoms with E-state index in [2.05, 4.69) is 10.3 Å². The van der Waals surface area contributed by atoms with Crippen molar-refractivity contribution in [3.05, 3.63) is 51.2 Å². The van der Waals surface area contributed by atoms with Gasteiger partial charge in [-0.15, -0.1) is 11.3 Å². The lowest BCUT2D eigenvalue weighted by molar-refractivity contribution is 0.545. The van der Waals surface area contributed by atoms with Crippen molar-refractivity contribution in [1.29, 1.82) is 0 Å². The second-order valence-electron chi connectivity index (χ2n) is 4.39. The third kappa shape index (κ3) is 2.41. The first-order valence-electron chi connectivity index (χ1n) is 5.85. The standard InChI is InChI=1S/C13H12ClFN2S/c14-10-3-1-2-9(11(10)15)12(17-8-4-5-8)13-16-6-7-18-13/h1-3,6-8,12,17H,4-5H2. The largest absolute Gasteiger partial charge is 0.301 e. The highest BCUT2D eigenvalue weighted by Crippen LogP contribution is 2.32. The fourth-order valence-corrected chi connectivity index (χ4v) is 2.80. The average molecular weight is 283 g/mol. The van der Waals surface area contributed by atoms with Gasteiger partial charge in [0, 0.05) is 23.2 Å². The minimum Gasteiger partial charge on any atom is -0.301 e. The molecule has 1 aromatic carbocycles. The molecule has 3 rings (SSSR count). The summed E-state index contributed by atoms with van der Waals surface area (Å²) >= 11 is 7.38. The van der Waals surface area contributed by atoms with E-state index in [1.807, 2.05) is 5.38 Å². The van der Waals surface area contributed by atoms with Crippen LogP contribution in [0.15, 0.2) is 29.8 Å². The van der Waals surface area contributed by atoms with Gasteiger partial charge in [0.05, 0.1) is 11.1 Å². The molecule has 2 nitrogen and oxygen atoms in total. The van der Waals surface area contributed by atoms with Crippen molar-refractivity contribution in [3.8, 4) is 0 Å². The zero-order chi connectivity index (χ0) is 12.5. The molecular formula is C13H12ClFN2S. The van der Waals surface area contributed by atoms with Crippen LogP contribution >= 0.6 is 22.9 Å². The molecule has 0 bridgehead atoms. The van der Waals surface area contributed by atoms with E-state index < -0.39 is 0 Å². The predicted molar refractivity (Wildman–Crippen MR) is 71.5 cm³/mol. The molecule has 2 aromatic rings. The Kier molecular flexibility index (Phi) is 3.33. The number of hydrogen-bond acceptors (Lipinski definition) is 3. The van der Waals surface area contributed by atoms with Crippen LogP contribution in [0.5, 0.6) is 0 Å². The Morgan fingerprint density at radius 1 is 1.44 bits per heavy atom. The Bertz CT molecular complexity index is 540. The molecule has 0 saturated heterocycles. The molecule has 1 aliphatic carbocycles. The number of rotatable bonds is 4. The maximum absolute atomic E-state index is 14.1. The number of nitrogens with one attached hydrogen (secondary N) is 1. The Labute approximate surface area is 114 Å². The van der Waals surface area contributed by atoms with Crippen LogP contribution < -0.4 is 5.32 Å². The molecule has 1 unspecified atom stereocenters. The van der Waals surface area contributed by atoms with E-state index in [9.17, 15) is 4.39 Å². The molecule has 94 valence electrons. The average Bonchev–Trinajstić information content (AvgIpc) is 3.02. The molecule has 1 aliphatic rings. The quantitative estimate of drug-likeness (QED) is 0.923. The highest BCUT2D eigenvalue weighted by molar-refractivity contribution is 7.09. The third-order valence-corrected chi connectivity index (χ3v) is 4.10. The Morgan fingerprint density at radius 2 is 2.28 bits per heavy atom. The van der Waals surface area contributed by atoms with Crippen molar-refractivity contribution >= 4 is 22.9 Å². The fourth-order valence-electron chi connectivity index (χ4n) is 1.90. The van der Waals surface area contributed by atoms with E-state index in [1.54, 1.807) is 24.4 Å². The number of hydrogen-bond donors (Lipinski definition) is 1. The van der Waals surface area contributed by atoms with E-state index in [4.69, 9.17) is 11.6 Å². The lowest BCUT2D eigenvalue weighted by Gasteiger charge is -2.17. The summed E-state index contributed by atoms with van der Waals surface area (Å²) in [6.45, 7) is 0. The summed E-state index contributed by atoms with van der Waals surface area (Å²) in [5.74, 6) is -0.354. The monoisotopic (exact) mass is 282 g/mol. The van der Waals surface area contributed by atoms with Crippen molar-refractivity contribution < 1.29 is 4.39 Å². The molecule has 1 heterocycles. The molecule has 1 aromatic heterocycles. The van der Waals surface area contributed by atoms with Crippen molar-refractivity contribution in [3.63, 3.8) is 0 Å². The number of thiazole rings is 1. The fraction of sp³-hybridized carbons (Fsp3) is 0.308. The minimum atomic E-state index is -0.354. The van der Waals surface area contributed by atoms with Gasteiger partial charge in [0.2, 0.25) is 0 Å². The van der Waals surface area contributed by atoms with Gasteiger partial charge in [0.1, 0.15) is 10.8 Å². The molecule has 0 spiro atoms. The maximum atomic E-state index is 14.1. The highest BCUT2D eigenvalue weighted by Gasteiger charge is 2.29. The normalized spacial score (nSPS) is 16.8. The van der Waals surface area contributed by atoms with Crippen LogP contribution in [0.2, 0.25) is 5.02 Å². The molecule has 5 heteroatoms. The summed E-state index contributed by atoms with van der Waals surface area (Å²) in [5.41, 5.74) is 0.573. The zero-order valence-corrected chi connectivity index (χ0v) is 11.1. The number of halogens is 2. The molecule has 0 radical (unpaired) electrons. The van der Waals surface area contributed by atoms with Crippen LogP contribution in [-0.4, -0.2) is 11.0 Å². The lowest BCUT2D eigenvalue weighted by atomic mass is 10.1. The second-order valence-corrected chi connectivity index (χ2v) is 5.72. The van der Waals surface area contributed by atoms with Gasteiger partial charge in [-0.3, -0.25) is 0 Å². The predicted octanol–water partition coefficient (Wildman–Crippen LogP) is 3.78. The third-order valence-electron chi connectivity index (χ3n) is 2.97. The Morgan fingerprint density at radius 3 is 2.94 bits per heavy atom. The Hall–Kier alpha value is -0.970. The lowest BCUT2D eigenvalue weighted by Crippen LogP contribution is -2.25. The van der Waals surface area contributed by atoms with Gasteiger partial charge < -0.3 is 5.32 Å². The summed E-state index contributed by atoms with van der Waals surface area (Å²) in [6.07, 6.45) is 4.03. The van der Waals surface area contributed by atoms with E-state index >= 15 is 0 Å². The first kappa shape index (κ1) is 12.1. The molecule has 0 amide bonds. The first-order chi connectivity index (χ1) is 8.75. The van der Waals surface area contributed by atoms with Crippen LogP contribution in [0.3, 0.4) is 0 Å². The van der Waals surface area contributed by atoms with Gasteiger partial charge >= 0.3 is 0 Å². The molecule has 1 N–H and O–H groups in total. The van der Waals surface area contributed by atoms with E-state index in [-0.39, 0.29) is 16.9 Å². The van der Waals surface area contributed by atoms with Crippen molar-refractivity contribution in [2.75, 3.05) is 0 Å². The summed E-state index contributed by atoms with van der Waals surface area (Å²) in [4.78, 5) is 4.29. The second kappa shape index (κ2) is 4.96. The minimum absolute atomic E-state index is 0.159. The van der Waals surface area contributed by atoms with Crippen LogP contribution in [0, 0.1) is 5.82 Å². The van der Waals surface area contributed by atoms with E-state index in [1.165, 1.54) is 11.3 Å². The number of aromatic nitrogens is 1. The van der Waals surface area contributed by atoms with Gasteiger partial charge in [0.25, 0.3) is 0 Å². The van der Waals surface area contributed by atoms with Gasteiger partial charge in [0.15, 0.2) is 0 Å². The van der Waals surface area contributed by atoms with E-state index in [0.29, 0.717) is 11.6 Å². The van der Waals surface area contributed by atoms with Crippen LogP contribution in [0.25, 0.3) is 0 Å². The highest BCUT2D eigenvalue weighted by atomic mass is 35.5. The molecular weight excluding hydrogens is 271 g/mol. The summed E-state index contributed by atoms with van der Waals surface area (Å²) in [5, 5.41) is 6.37. The van der Waals surface area contributed by atoms with Crippen LogP contribution in [0.1, 0.15) is 29.5 Å². The van der Waals surface area contributed by atoms with Gasteiger partial charge in [-0.1, -0.05) is 23.7 Å². The molecule has 1 saturated carbocycles. The van der Waals surface area contributed by atoms with Crippen LogP contribution in [0.4, 0.5) is 4.39 Å². The first-order valence-corrected chi connectivity index (χ1v) is 7.11. The molecule has 1 atom stereocenters. The Balaban J connectivity index is 1.99. The zero-order valence-electron chi connectivity index (χ0n) is 9.57. The topological polar surface area (TPSA) is 24.9 Å². The number of benzene rings is 1. The molecule has 1 fully saturated rings. The van der Waals surface area contributed by atoms with Crippen molar-refractivity contribution in [2.24, 2.45) is 0 Å². The van der Waals surface area contributed by atoms with Gasteiger partial charge in [-0.05, 0) is 18.9 Å². The van der Waals surface area contributed by atoms with Gasteiger partial charge in [-0.25, -0.2) is 9.37 Å². The molecule has 0 aliphatic heterocycles. The van der Waals surface area contributed by atoms with Crippen LogP contribution in [-0.2, 0) is 0 Å². The summed E-state index contributed by atoms with van der Waals surface area (Å²) in [6, 6.07) is 5.38. The van der Waals surface area contributed by atoms with Crippen molar-refractivity contribution in [2.45, 2.75) is 24.9 Å². The SMILES string of the molecule is Fc1c(Cl)cccc1C(NC1CC1)c1nccs1. The smallest absolute Gasteiger partial charge is 0.146 e. The van der Waals surface area contributed by atoms with E-state index in [0.717, 1.165) is 17.8 Å². The summed E-state index contributed by atoms with van der Waals surface area (Å²) in [7, 11) is 0.